The van der Waals surface area contributed by atoms with Crippen molar-refractivity contribution in [3.63, 3.8) is 0 Å². The maximum atomic E-state index is 13.2. The fourth-order valence-corrected chi connectivity index (χ4v) is 3.61. The minimum absolute atomic E-state index is 0.239. The van der Waals surface area contributed by atoms with Crippen LogP contribution >= 0.6 is 0 Å². The Hall–Kier alpha value is -3.88. The fourth-order valence-electron chi connectivity index (χ4n) is 3.61. The van der Waals surface area contributed by atoms with Crippen molar-refractivity contribution in [3.05, 3.63) is 66.2 Å². The predicted molar refractivity (Wildman–Crippen MR) is 123 cm³/mol. The summed E-state index contributed by atoms with van der Waals surface area (Å²) in [7, 11) is 0. The number of carbonyl (C=O) groups is 1. The first-order valence-corrected chi connectivity index (χ1v) is 10.5. The van der Waals surface area contributed by atoms with Gasteiger partial charge in [0.1, 0.15) is 17.8 Å². The van der Waals surface area contributed by atoms with Crippen LogP contribution in [0.3, 0.4) is 0 Å². The summed E-state index contributed by atoms with van der Waals surface area (Å²) in [5.74, 6) is 0.573. The number of halogens is 1. The minimum Gasteiger partial charge on any atom is -0.462 e. The van der Waals surface area contributed by atoms with Crippen LogP contribution in [0.5, 0.6) is 0 Å². The third-order valence-electron chi connectivity index (χ3n) is 5.29. The normalized spacial score (nSPS) is 13.7. The summed E-state index contributed by atoms with van der Waals surface area (Å²) in [5, 5.41) is 3.19. The molecule has 1 aromatic heterocycles. The molecule has 0 bridgehead atoms. The Labute approximate surface area is 185 Å². The number of nitrogens with zero attached hydrogens (tertiary/aromatic N) is 4. The molecule has 3 aromatic rings. The summed E-state index contributed by atoms with van der Waals surface area (Å²) >= 11 is 0. The van der Waals surface area contributed by atoms with E-state index in [1.165, 1.54) is 18.5 Å². The molecule has 1 aliphatic rings. The van der Waals surface area contributed by atoms with Crippen LogP contribution in [0.2, 0.25) is 0 Å². The van der Waals surface area contributed by atoms with Crippen LogP contribution in [0.25, 0.3) is 0 Å². The van der Waals surface area contributed by atoms with E-state index >= 15 is 0 Å². The van der Waals surface area contributed by atoms with Gasteiger partial charge in [0.15, 0.2) is 11.6 Å². The lowest BCUT2D eigenvalue weighted by Crippen LogP contribution is -2.47. The first-order chi connectivity index (χ1) is 15.5. The Kier molecular flexibility index (Phi) is 6.34. The Morgan fingerprint density at radius 3 is 2.34 bits per heavy atom. The van der Waals surface area contributed by atoms with Crippen LogP contribution in [0, 0.1) is 5.82 Å². The number of carbonyl (C=O) groups excluding carboxylic acids is 1. The van der Waals surface area contributed by atoms with E-state index in [1.807, 2.05) is 0 Å². The number of hydrogen-bond donors (Lipinski definition) is 2. The van der Waals surface area contributed by atoms with E-state index in [2.05, 4.69) is 25.1 Å². The Morgan fingerprint density at radius 2 is 1.69 bits per heavy atom. The van der Waals surface area contributed by atoms with Crippen LogP contribution in [0.4, 0.5) is 33.1 Å². The van der Waals surface area contributed by atoms with Gasteiger partial charge < -0.3 is 25.6 Å². The molecule has 1 fully saturated rings. The lowest BCUT2D eigenvalue weighted by Gasteiger charge is -2.37. The number of esters is 1. The van der Waals surface area contributed by atoms with Gasteiger partial charge in [-0.2, -0.15) is 0 Å². The van der Waals surface area contributed by atoms with E-state index in [9.17, 15) is 9.18 Å². The van der Waals surface area contributed by atoms with E-state index in [4.69, 9.17) is 10.5 Å². The average Bonchev–Trinajstić information content (AvgIpc) is 2.82. The Bertz CT molecular complexity index is 1070. The van der Waals surface area contributed by atoms with Gasteiger partial charge in [0.25, 0.3) is 0 Å². The van der Waals surface area contributed by atoms with Crippen molar-refractivity contribution in [1.29, 1.82) is 0 Å². The summed E-state index contributed by atoms with van der Waals surface area (Å²) in [5.41, 5.74) is 9.06. The molecule has 32 heavy (non-hydrogen) atoms. The van der Waals surface area contributed by atoms with Gasteiger partial charge in [-0.05, 0) is 55.5 Å². The quantitative estimate of drug-likeness (QED) is 0.567. The maximum Gasteiger partial charge on any atom is 0.338 e. The summed E-state index contributed by atoms with van der Waals surface area (Å²) < 4.78 is 18.2. The molecule has 9 heteroatoms. The lowest BCUT2D eigenvalue weighted by atomic mass is 10.2. The molecule has 8 nitrogen and oxygen atoms in total. The molecule has 0 radical (unpaired) electrons. The Morgan fingerprint density at radius 1 is 1.03 bits per heavy atom. The van der Waals surface area contributed by atoms with Crippen molar-refractivity contribution < 1.29 is 13.9 Å². The molecule has 166 valence electrons. The molecule has 0 spiro atoms. The number of hydrogen-bond acceptors (Lipinski definition) is 8. The van der Waals surface area contributed by atoms with Gasteiger partial charge in [-0.15, -0.1) is 0 Å². The molecule has 1 aliphatic heterocycles. The minimum atomic E-state index is -0.359. The number of piperazine rings is 1. The zero-order chi connectivity index (χ0) is 22.5. The van der Waals surface area contributed by atoms with Gasteiger partial charge in [-0.1, -0.05) is 0 Å². The first kappa shape index (κ1) is 21.4. The molecular formula is C23H25FN6O2. The number of nitrogen functional groups attached to an aromatic ring is 1. The smallest absolute Gasteiger partial charge is 0.338 e. The predicted octanol–water partition coefficient (Wildman–Crippen LogP) is 3.44. The number of benzene rings is 2. The highest BCUT2D eigenvalue weighted by Crippen LogP contribution is 2.30. The number of nitrogens with two attached hydrogens (primary N) is 1. The van der Waals surface area contributed by atoms with Crippen LogP contribution in [-0.2, 0) is 4.74 Å². The number of aromatic nitrogens is 2. The molecule has 0 saturated carbocycles. The van der Waals surface area contributed by atoms with Gasteiger partial charge in [0, 0.05) is 37.6 Å². The van der Waals surface area contributed by atoms with Crippen LogP contribution in [0.1, 0.15) is 17.3 Å². The zero-order valence-electron chi connectivity index (χ0n) is 17.8. The van der Waals surface area contributed by atoms with Gasteiger partial charge >= 0.3 is 5.97 Å². The van der Waals surface area contributed by atoms with E-state index in [-0.39, 0.29) is 11.8 Å². The largest absolute Gasteiger partial charge is 0.462 e. The molecule has 2 heterocycles. The van der Waals surface area contributed by atoms with E-state index in [1.54, 1.807) is 43.3 Å². The molecule has 0 unspecified atom stereocenters. The van der Waals surface area contributed by atoms with Crippen LogP contribution < -0.4 is 20.9 Å². The van der Waals surface area contributed by atoms with Crippen molar-refractivity contribution in [1.82, 2.24) is 9.97 Å². The van der Waals surface area contributed by atoms with Gasteiger partial charge in [-0.3, -0.25) is 0 Å². The maximum absolute atomic E-state index is 13.2. The van der Waals surface area contributed by atoms with Crippen molar-refractivity contribution in [2.75, 3.05) is 53.6 Å². The van der Waals surface area contributed by atoms with E-state index in [0.29, 0.717) is 29.5 Å². The third kappa shape index (κ3) is 4.72. The second-order valence-corrected chi connectivity index (χ2v) is 7.33. The average molecular weight is 436 g/mol. The Balaban J connectivity index is 1.43. The number of anilines is 5. The molecule has 0 aliphatic carbocycles. The van der Waals surface area contributed by atoms with E-state index < -0.39 is 0 Å². The standard InChI is InChI=1S/C23H25FN6O2/c1-2-32-23(31)16-3-7-18(8-4-16)28-21-20(25)22(27-15-26-21)30-13-11-29(12-14-30)19-9-5-17(24)6-10-19/h3-10,15H,2,11-14,25H2,1H3,(H,26,27,28). The number of ether oxygens (including phenoxy) is 1. The van der Waals surface area contributed by atoms with Crippen molar-refractivity contribution >= 4 is 34.7 Å². The highest BCUT2D eigenvalue weighted by molar-refractivity contribution is 5.90. The molecule has 0 atom stereocenters. The number of rotatable bonds is 6. The topological polar surface area (TPSA) is 96.6 Å². The summed E-state index contributed by atoms with van der Waals surface area (Å²) in [4.78, 5) is 24.8. The molecule has 0 amide bonds. The summed E-state index contributed by atoms with van der Waals surface area (Å²) in [6.45, 7) is 5.10. The van der Waals surface area contributed by atoms with Crippen LogP contribution in [0.15, 0.2) is 54.9 Å². The van der Waals surface area contributed by atoms with Gasteiger partial charge in [-0.25, -0.2) is 19.2 Å². The second kappa shape index (κ2) is 9.51. The third-order valence-corrected chi connectivity index (χ3v) is 5.29. The molecule has 2 aromatic carbocycles. The van der Waals surface area contributed by atoms with Crippen molar-refractivity contribution in [3.8, 4) is 0 Å². The van der Waals surface area contributed by atoms with Crippen LogP contribution in [-0.4, -0.2) is 48.7 Å². The zero-order valence-corrected chi connectivity index (χ0v) is 17.8. The summed E-state index contributed by atoms with van der Waals surface area (Å²) in [6, 6.07) is 13.5. The monoisotopic (exact) mass is 436 g/mol. The number of nitrogens with one attached hydrogen (secondary N) is 1. The first-order valence-electron chi connectivity index (χ1n) is 10.5. The SMILES string of the molecule is CCOC(=O)c1ccc(Nc2ncnc(N3CCN(c4ccc(F)cc4)CC3)c2N)cc1. The van der Waals surface area contributed by atoms with Gasteiger partial charge in [0.2, 0.25) is 0 Å². The second-order valence-electron chi connectivity index (χ2n) is 7.33. The molecule has 3 N–H and O–H groups in total. The molecule has 1 saturated heterocycles. The highest BCUT2D eigenvalue weighted by Gasteiger charge is 2.21. The molecule has 4 rings (SSSR count). The van der Waals surface area contributed by atoms with E-state index in [0.717, 1.165) is 37.6 Å². The van der Waals surface area contributed by atoms with Gasteiger partial charge in [0.05, 0.1) is 12.2 Å². The summed E-state index contributed by atoms with van der Waals surface area (Å²) in [6.07, 6.45) is 1.48. The molecular weight excluding hydrogens is 411 g/mol. The lowest BCUT2D eigenvalue weighted by molar-refractivity contribution is 0.0526. The fraction of sp³-hybridized carbons (Fsp3) is 0.261. The highest BCUT2D eigenvalue weighted by atomic mass is 19.1. The van der Waals surface area contributed by atoms with Crippen molar-refractivity contribution in [2.45, 2.75) is 6.92 Å². The van der Waals surface area contributed by atoms with Crippen molar-refractivity contribution in [2.24, 2.45) is 0 Å².